The molecule has 0 unspecified atom stereocenters. The van der Waals surface area contributed by atoms with Crippen molar-refractivity contribution in [2.45, 2.75) is 38.3 Å². The van der Waals surface area contributed by atoms with Crippen LogP contribution in [0.25, 0.3) is 0 Å². The summed E-state index contributed by atoms with van der Waals surface area (Å²) in [5.41, 5.74) is 3.86. The van der Waals surface area contributed by atoms with E-state index in [1.807, 2.05) is 24.3 Å². The van der Waals surface area contributed by atoms with Gasteiger partial charge in [-0.15, -0.1) is 0 Å². The fraction of sp³-hybridized carbons (Fsp3) is 0.409. The highest BCUT2D eigenvalue weighted by molar-refractivity contribution is 5.78. The third kappa shape index (κ3) is 3.34. The minimum atomic E-state index is 0.0394. The lowest BCUT2D eigenvalue weighted by Crippen LogP contribution is -2.47. The highest BCUT2D eigenvalue weighted by Gasteiger charge is 2.32. The first-order chi connectivity index (χ1) is 12.5. The van der Waals surface area contributed by atoms with Crippen LogP contribution in [0.3, 0.4) is 0 Å². The Morgan fingerprint density at radius 3 is 2.85 bits per heavy atom. The van der Waals surface area contributed by atoms with Crippen LogP contribution in [0.2, 0.25) is 0 Å². The Kier molecular flexibility index (Phi) is 4.45. The van der Waals surface area contributed by atoms with E-state index in [4.69, 9.17) is 4.74 Å². The van der Waals surface area contributed by atoms with Crippen LogP contribution in [0.1, 0.15) is 43.0 Å². The van der Waals surface area contributed by atoms with Crippen LogP contribution < -0.4 is 10.1 Å². The molecule has 2 aromatic carbocycles. The van der Waals surface area contributed by atoms with Gasteiger partial charge in [-0.3, -0.25) is 9.69 Å². The van der Waals surface area contributed by atoms with Crippen molar-refractivity contribution in [3.63, 3.8) is 0 Å². The first-order valence-electron chi connectivity index (χ1n) is 9.35. The summed E-state index contributed by atoms with van der Waals surface area (Å²) in [6, 6.07) is 16.6. The summed E-state index contributed by atoms with van der Waals surface area (Å²) >= 11 is 0. The van der Waals surface area contributed by atoms with Crippen molar-refractivity contribution in [3.05, 3.63) is 65.2 Å². The predicted molar refractivity (Wildman–Crippen MR) is 102 cm³/mol. The molecular weight excluding hydrogens is 324 g/mol. The standard InChI is InChI=1S/C22H26N2O2/c1-22(2)15-24(13-16-7-3-5-9-18(16)22)14-21(25)23-19-11-12-26-20-10-6-4-8-17(19)20/h3-10,19H,11-15H2,1-2H3,(H,23,25)/t19-/m0/s1. The van der Waals surface area contributed by atoms with Crippen LogP contribution >= 0.6 is 0 Å². The van der Waals surface area contributed by atoms with E-state index in [1.165, 1.54) is 11.1 Å². The molecule has 0 aromatic heterocycles. The fourth-order valence-corrected chi connectivity index (χ4v) is 4.31. The molecule has 1 amide bonds. The van der Waals surface area contributed by atoms with Crippen LogP contribution in [0.4, 0.5) is 0 Å². The molecule has 26 heavy (non-hydrogen) atoms. The molecule has 0 spiro atoms. The number of nitrogens with one attached hydrogen (secondary N) is 1. The van der Waals surface area contributed by atoms with Gasteiger partial charge in [0.2, 0.25) is 5.91 Å². The molecule has 2 aliphatic heterocycles. The Morgan fingerprint density at radius 1 is 1.19 bits per heavy atom. The number of carbonyl (C=O) groups is 1. The molecule has 0 bridgehead atoms. The first kappa shape index (κ1) is 17.1. The van der Waals surface area contributed by atoms with Crippen molar-refractivity contribution in [3.8, 4) is 5.75 Å². The molecule has 0 radical (unpaired) electrons. The maximum absolute atomic E-state index is 12.7. The van der Waals surface area contributed by atoms with Gasteiger partial charge in [0.25, 0.3) is 0 Å². The van der Waals surface area contributed by atoms with Gasteiger partial charge in [-0.2, -0.15) is 0 Å². The Bertz CT molecular complexity index is 815. The van der Waals surface area contributed by atoms with Gasteiger partial charge in [0.1, 0.15) is 5.75 Å². The minimum absolute atomic E-state index is 0.0394. The molecule has 2 heterocycles. The van der Waals surface area contributed by atoms with Crippen LogP contribution in [0.5, 0.6) is 5.75 Å². The zero-order valence-electron chi connectivity index (χ0n) is 15.5. The van der Waals surface area contributed by atoms with Crippen LogP contribution in [0.15, 0.2) is 48.5 Å². The summed E-state index contributed by atoms with van der Waals surface area (Å²) in [6.45, 7) is 7.30. The molecule has 1 N–H and O–H groups in total. The topological polar surface area (TPSA) is 41.6 Å². The van der Waals surface area contributed by atoms with Gasteiger partial charge >= 0.3 is 0 Å². The molecule has 2 aliphatic rings. The maximum Gasteiger partial charge on any atom is 0.234 e. The lowest BCUT2D eigenvalue weighted by Gasteiger charge is -2.39. The number of hydrogen-bond donors (Lipinski definition) is 1. The van der Waals surface area contributed by atoms with Gasteiger partial charge in [0.05, 0.1) is 19.2 Å². The maximum atomic E-state index is 12.7. The molecule has 136 valence electrons. The van der Waals surface area contributed by atoms with E-state index < -0.39 is 0 Å². The number of nitrogens with zero attached hydrogens (tertiary/aromatic N) is 1. The zero-order chi connectivity index (χ0) is 18.1. The van der Waals surface area contributed by atoms with Gasteiger partial charge in [-0.25, -0.2) is 0 Å². The Balaban J connectivity index is 1.44. The van der Waals surface area contributed by atoms with Crippen LogP contribution in [0, 0.1) is 0 Å². The van der Waals surface area contributed by atoms with Crippen molar-refractivity contribution < 1.29 is 9.53 Å². The largest absolute Gasteiger partial charge is 0.493 e. The Morgan fingerprint density at radius 2 is 1.96 bits per heavy atom. The van der Waals surface area contributed by atoms with E-state index in [0.717, 1.165) is 30.8 Å². The van der Waals surface area contributed by atoms with Crippen molar-refractivity contribution >= 4 is 5.91 Å². The number of amides is 1. The molecule has 1 atom stereocenters. The third-order valence-electron chi connectivity index (χ3n) is 5.42. The quantitative estimate of drug-likeness (QED) is 0.922. The van der Waals surface area contributed by atoms with E-state index in [1.54, 1.807) is 0 Å². The second kappa shape index (κ2) is 6.76. The summed E-state index contributed by atoms with van der Waals surface area (Å²) in [5.74, 6) is 0.971. The second-order valence-electron chi connectivity index (χ2n) is 7.98. The van der Waals surface area contributed by atoms with E-state index >= 15 is 0 Å². The van der Waals surface area contributed by atoms with E-state index in [2.05, 4.69) is 48.3 Å². The van der Waals surface area contributed by atoms with E-state index in [9.17, 15) is 4.79 Å². The predicted octanol–water partition coefficient (Wildman–Crippen LogP) is 3.42. The smallest absolute Gasteiger partial charge is 0.234 e. The summed E-state index contributed by atoms with van der Waals surface area (Å²) in [6.07, 6.45) is 0.817. The van der Waals surface area contributed by atoms with E-state index in [0.29, 0.717) is 13.2 Å². The number of para-hydroxylation sites is 1. The summed E-state index contributed by atoms with van der Waals surface area (Å²) in [7, 11) is 0. The SMILES string of the molecule is CC1(C)CN(CC(=O)N[C@H]2CCOc3ccccc32)Cc2ccccc21. The normalized spacial score (nSPS) is 21.2. The van der Waals surface area contributed by atoms with Crippen molar-refractivity contribution in [2.75, 3.05) is 19.7 Å². The number of benzene rings is 2. The number of ether oxygens (including phenoxy) is 1. The van der Waals surface area contributed by atoms with Crippen molar-refractivity contribution in [1.82, 2.24) is 10.2 Å². The van der Waals surface area contributed by atoms with Gasteiger partial charge in [0, 0.05) is 30.5 Å². The summed E-state index contributed by atoms with van der Waals surface area (Å²) < 4.78 is 5.69. The summed E-state index contributed by atoms with van der Waals surface area (Å²) in [4.78, 5) is 15.0. The molecule has 0 aliphatic carbocycles. The molecule has 0 saturated carbocycles. The van der Waals surface area contributed by atoms with Gasteiger partial charge < -0.3 is 10.1 Å². The molecular formula is C22H26N2O2. The van der Waals surface area contributed by atoms with Crippen molar-refractivity contribution in [2.24, 2.45) is 0 Å². The number of hydrogen-bond acceptors (Lipinski definition) is 3. The average Bonchev–Trinajstić information content (AvgIpc) is 2.61. The first-order valence-corrected chi connectivity index (χ1v) is 9.35. The highest BCUT2D eigenvalue weighted by atomic mass is 16.5. The lowest BCUT2D eigenvalue weighted by atomic mass is 9.78. The molecule has 2 aromatic rings. The zero-order valence-corrected chi connectivity index (χ0v) is 15.5. The third-order valence-corrected chi connectivity index (χ3v) is 5.42. The van der Waals surface area contributed by atoms with E-state index in [-0.39, 0.29) is 17.4 Å². The van der Waals surface area contributed by atoms with Crippen molar-refractivity contribution in [1.29, 1.82) is 0 Å². The molecule has 4 nitrogen and oxygen atoms in total. The van der Waals surface area contributed by atoms with Crippen LogP contribution in [-0.4, -0.2) is 30.5 Å². The summed E-state index contributed by atoms with van der Waals surface area (Å²) in [5, 5.41) is 3.21. The number of carbonyl (C=O) groups excluding carboxylic acids is 1. The highest BCUT2D eigenvalue weighted by Crippen LogP contribution is 2.34. The van der Waals surface area contributed by atoms with Gasteiger partial charge in [-0.05, 0) is 17.2 Å². The van der Waals surface area contributed by atoms with Gasteiger partial charge in [-0.1, -0.05) is 56.3 Å². The second-order valence-corrected chi connectivity index (χ2v) is 7.98. The number of rotatable bonds is 3. The molecule has 0 fully saturated rings. The molecule has 4 heteroatoms. The average molecular weight is 350 g/mol. The Hall–Kier alpha value is -2.33. The Labute approximate surface area is 155 Å². The monoisotopic (exact) mass is 350 g/mol. The van der Waals surface area contributed by atoms with Crippen LogP contribution in [-0.2, 0) is 16.8 Å². The fourth-order valence-electron chi connectivity index (χ4n) is 4.31. The minimum Gasteiger partial charge on any atom is -0.493 e. The molecule has 4 rings (SSSR count). The lowest BCUT2D eigenvalue weighted by molar-refractivity contribution is -0.123. The number of fused-ring (bicyclic) bond motifs is 2. The van der Waals surface area contributed by atoms with Gasteiger partial charge in [0.15, 0.2) is 0 Å². The molecule has 0 saturated heterocycles.